The van der Waals surface area contributed by atoms with E-state index in [9.17, 15) is 22.4 Å². The van der Waals surface area contributed by atoms with Crippen molar-refractivity contribution in [3.63, 3.8) is 0 Å². The van der Waals surface area contributed by atoms with E-state index in [4.69, 9.17) is 23.2 Å². The first-order valence-corrected chi connectivity index (χ1v) is 14.8. The van der Waals surface area contributed by atoms with Gasteiger partial charge < -0.3 is 10.2 Å². The summed E-state index contributed by atoms with van der Waals surface area (Å²) in [6, 6.07) is 9.56. The second-order valence-corrected chi connectivity index (χ2v) is 11.5. The third-order valence-electron chi connectivity index (χ3n) is 5.81. The summed E-state index contributed by atoms with van der Waals surface area (Å²) in [7, 11) is -3.71. The summed E-state index contributed by atoms with van der Waals surface area (Å²) >= 11 is 12.3. The van der Waals surface area contributed by atoms with Crippen LogP contribution in [0.1, 0.15) is 51.5 Å². The van der Waals surface area contributed by atoms with Crippen LogP contribution in [0.3, 0.4) is 0 Å². The molecule has 0 spiro atoms. The maximum absolute atomic E-state index is 13.4. The van der Waals surface area contributed by atoms with E-state index < -0.39 is 21.9 Å². The fourth-order valence-corrected chi connectivity index (χ4v) is 5.28. The molecule has 1 N–H and O–H groups in total. The summed E-state index contributed by atoms with van der Waals surface area (Å²) < 4.78 is 39.5. The maximum Gasteiger partial charge on any atom is 0.242 e. The summed E-state index contributed by atoms with van der Waals surface area (Å²) in [5.74, 6) is -0.964. The Morgan fingerprint density at radius 3 is 2.32 bits per heavy atom. The number of sulfonamides is 1. The lowest BCUT2D eigenvalue weighted by molar-refractivity contribution is -0.141. The van der Waals surface area contributed by atoms with Gasteiger partial charge in [-0.2, -0.15) is 0 Å². The van der Waals surface area contributed by atoms with Crippen molar-refractivity contribution in [2.24, 2.45) is 0 Å². The number of hydrogen-bond acceptors (Lipinski definition) is 4. The molecule has 0 heterocycles. The van der Waals surface area contributed by atoms with E-state index in [2.05, 4.69) is 5.32 Å². The lowest BCUT2D eigenvalue weighted by atomic mass is 10.1. The van der Waals surface area contributed by atoms with E-state index in [-0.39, 0.29) is 48.5 Å². The van der Waals surface area contributed by atoms with Gasteiger partial charge in [0.05, 0.1) is 17.0 Å². The van der Waals surface area contributed by atoms with E-state index in [0.29, 0.717) is 23.6 Å². The minimum Gasteiger partial charge on any atom is -0.354 e. The zero-order chi connectivity index (χ0) is 27.6. The molecule has 11 heteroatoms. The van der Waals surface area contributed by atoms with Crippen molar-refractivity contribution in [1.29, 1.82) is 0 Å². The SMILES string of the molecule is CCCCNC(=O)[C@@H](CC)N(Cc1ccc(F)cc1)C(=O)CCCN(c1cc(Cl)ccc1Cl)S(C)(=O)=O. The Bertz CT molecular complexity index is 1160. The molecule has 204 valence electrons. The minimum absolute atomic E-state index is 0.00544. The van der Waals surface area contributed by atoms with Gasteiger partial charge in [-0.15, -0.1) is 0 Å². The number of amides is 2. The fraction of sp³-hybridized carbons (Fsp3) is 0.462. The molecule has 2 aromatic carbocycles. The zero-order valence-corrected chi connectivity index (χ0v) is 23.7. The molecule has 0 bridgehead atoms. The van der Waals surface area contributed by atoms with Crippen molar-refractivity contribution < 1.29 is 22.4 Å². The molecule has 0 unspecified atom stereocenters. The van der Waals surface area contributed by atoms with Gasteiger partial charge in [0, 0.05) is 31.1 Å². The van der Waals surface area contributed by atoms with Gasteiger partial charge in [-0.25, -0.2) is 12.8 Å². The Morgan fingerprint density at radius 2 is 1.73 bits per heavy atom. The third kappa shape index (κ3) is 9.47. The quantitative estimate of drug-likeness (QED) is 0.306. The van der Waals surface area contributed by atoms with Crippen LogP contribution in [0, 0.1) is 5.82 Å². The molecule has 2 amide bonds. The zero-order valence-electron chi connectivity index (χ0n) is 21.3. The second-order valence-electron chi connectivity index (χ2n) is 8.75. The first-order valence-electron chi connectivity index (χ1n) is 12.2. The monoisotopic (exact) mass is 573 g/mol. The number of nitrogens with one attached hydrogen (secondary N) is 1. The maximum atomic E-state index is 13.4. The van der Waals surface area contributed by atoms with Gasteiger partial charge >= 0.3 is 0 Å². The molecular formula is C26H34Cl2FN3O4S. The highest BCUT2D eigenvalue weighted by Crippen LogP contribution is 2.31. The van der Waals surface area contributed by atoms with Crippen molar-refractivity contribution in [3.05, 3.63) is 63.9 Å². The molecule has 37 heavy (non-hydrogen) atoms. The van der Waals surface area contributed by atoms with Gasteiger partial charge in [-0.05, 0) is 55.2 Å². The average Bonchev–Trinajstić information content (AvgIpc) is 2.84. The standard InChI is InChI=1S/C26H34Cl2FN3O4S/c1-4-6-15-30-26(34)23(5-2)31(18-19-9-12-21(29)13-10-19)25(33)8-7-16-32(37(3,35)36)24-17-20(27)11-14-22(24)28/h9-14,17,23H,4-8,15-16,18H2,1-3H3,(H,30,34)/t23-/m1/s1. The Morgan fingerprint density at radius 1 is 1.05 bits per heavy atom. The summed E-state index contributed by atoms with van der Waals surface area (Å²) in [4.78, 5) is 27.8. The molecule has 1 atom stereocenters. The Balaban J connectivity index is 2.22. The minimum atomic E-state index is -3.71. The molecule has 0 aliphatic carbocycles. The number of carbonyl (C=O) groups is 2. The Hall–Kier alpha value is -2.36. The van der Waals surface area contributed by atoms with E-state index in [1.54, 1.807) is 18.2 Å². The Labute approximate surface area is 229 Å². The molecule has 0 fully saturated rings. The van der Waals surface area contributed by atoms with E-state index in [0.717, 1.165) is 23.4 Å². The summed E-state index contributed by atoms with van der Waals surface area (Å²) in [5.41, 5.74) is 0.909. The molecule has 0 aliphatic rings. The second kappa shape index (κ2) is 14.5. The first kappa shape index (κ1) is 30.9. The average molecular weight is 575 g/mol. The third-order valence-corrected chi connectivity index (χ3v) is 7.55. The molecule has 2 rings (SSSR count). The number of anilines is 1. The molecule has 2 aromatic rings. The summed E-state index contributed by atoms with van der Waals surface area (Å²) in [5, 5.41) is 3.43. The van der Waals surface area contributed by atoms with Crippen molar-refractivity contribution in [2.45, 2.75) is 58.5 Å². The number of rotatable bonds is 14. The molecule has 0 aromatic heterocycles. The lowest BCUT2D eigenvalue weighted by Gasteiger charge is -2.31. The van der Waals surface area contributed by atoms with Crippen LogP contribution < -0.4 is 9.62 Å². The van der Waals surface area contributed by atoms with Crippen LogP contribution in [0.5, 0.6) is 0 Å². The normalized spacial score (nSPS) is 12.2. The van der Waals surface area contributed by atoms with Gasteiger partial charge in [-0.3, -0.25) is 13.9 Å². The van der Waals surface area contributed by atoms with Crippen molar-refractivity contribution in [2.75, 3.05) is 23.7 Å². The highest BCUT2D eigenvalue weighted by atomic mass is 35.5. The molecule has 0 saturated carbocycles. The first-order chi connectivity index (χ1) is 17.5. The molecule has 0 aliphatic heterocycles. The lowest BCUT2D eigenvalue weighted by Crippen LogP contribution is -2.49. The van der Waals surface area contributed by atoms with Crippen LogP contribution in [-0.4, -0.2) is 50.5 Å². The number of nitrogens with zero attached hydrogens (tertiary/aromatic N) is 2. The molecule has 7 nitrogen and oxygen atoms in total. The van der Waals surface area contributed by atoms with E-state index in [1.807, 2.05) is 13.8 Å². The van der Waals surface area contributed by atoms with Crippen LogP contribution in [0.25, 0.3) is 0 Å². The topological polar surface area (TPSA) is 86.8 Å². The van der Waals surface area contributed by atoms with Gasteiger partial charge in [0.15, 0.2) is 0 Å². The van der Waals surface area contributed by atoms with Crippen LogP contribution in [0.2, 0.25) is 10.0 Å². The molecule has 0 saturated heterocycles. The number of halogens is 3. The highest BCUT2D eigenvalue weighted by Gasteiger charge is 2.29. The van der Waals surface area contributed by atoms with Crippen LogP contribution in [-0.2, 0) is 26.2 Å². The predicted molar refractivity (Wildman–Crippen MR) is 147 cm³/mol. The fourth-order valence-electron chi connectivity index (χ4n) is 3.87. The van der Waals surface area contributed by atoms with E-state index >= 15 is 0 Å². The highest BCUT2D eigenvalue weighted by molar-refractivity contribution is 7.92. The van der Waals surface area contributed by atoms with Crippen LogP contribution in [0.4, 0.5) is 10.1 Å². The van der Waals surface area contributed by atoms with E-state index in [1.165, 1.54) is 29.2 Å². The predicted octanol–water partition coefficient (Wildman–Crippen LogP) is 5.40. The molecule has 0 radical (unpaired) electrons. The van der Waals surface area contributed by atoms with Gasteiger partial charge in [0.2, 0.25) is 21.8 Å². The van der Waals surface area contributed by atoms with Gasteiger partial charge in [0.25, 0.3) is 0 Å². The number of benzene rings is 2. The summed E-state index contributed by atoms with van der Waals surface area (Å²) in [6.07, 6.45) is 3.36. The van der Waals surface area contributed by atoms with Crippen molar-refractivity contribution in [3.8, 4) is 0 Å². The van der Waals surface area contributed by atoms with Crippen LogP contribution >= 0.6 is 23.2 Å². The smallest absolute Gasteiger partial charge is 0.242 e. The molecular weight excluding hydrogens is 540 g/mol. The number of unbranched alkanes of at least 4 members (excludes halogenated alkanes) is 1. The number of hydrogen-bond donors (Lipinski definition) is 1. The van der Waals surface area contributed by atoms with Crippen LogP contribution in [0.15, 0.2) is 42.5 Å². The largest absolute Gasteiger partial charge is 0.354 e. The van der Waals surface area contributed by atoms with Gasteiger partial charge in [-0.1, -0.05) is 55.6 Å². The van der Waals surface area contributed by atoms with Crippen molar-refractivity contribution in [1.82, 2.24) is 10.2 Å². The number of carbonyl (C=O) groups excluding carboxylic acids is 2. The summed E-state index contributed by atoms with van der Waals surface area (Å²) in [6.45, 7) is 4.46. The Kier molecular flexibility index (Phi) is 12.1. The van der Waals surface area contributed by atoms with Gasteiger partial charge in [0.1, 0.15) is 11.9 Å². The van der Waals surface area contributed by atoms with Crippen molar-refractivity contribution >= 4 is 50.7 Å².